The van der Waals surface area contributed by atoms with E-state index >= 15 is 0 Å². The molecule has 0 atom stereocenters. The van der Waals surface area contributed by atoms with Gasteiger partial charge in [0.25, 0.3) is 0 Å². The maximum atomic E-state index is 12.5. The third-order valence-corrected chi connectivity index (χ3v) is 8.11. The van der Waals surface area contributed by atoms with E-state index in [4.69, 9.17) is 0 Å². The van der Waals surface area contributed by atoms with Gasteiger partial charge in [-0.25, -0.2) is 4.98 Å². The summed E-state index contributed by atoms with van der Waals surface area (Å²) in [7, 11) is 0. The van der Waals surface area contributed by atoms with Crippen molar-refractivity contribution in [2.45, 2.75) is 56.7 Å². The average molecular weight is 432 g/mol. The van der Waals surface area contributed by atoms with Crippen molar-refractivity contribution in [1.29, 1.82) is 0 Å². The van der Waals surface area contributed by atoms with Crippen molar-refractivity contribution in [1.82, 2.24) is 15.2 Å². The van der Waals surface area contributed by atoms with Gasteiger partial charge in [-0.15, -0.1) is 23.1 Å². The topological polar surface area (TPSA) is 62.3 Å². The second kappa shape index (κ2) is 9.94. The highest BCUT2D eigenvalue weighted by atomic mass is 32.2. The van der Waals surface area contributed by atoms with E-state index < -0.39 is 0 Å². The standard InChI is InChI=1S/C22H29N3O2S2/c26-21(15-28-14-20-24-18-8-4-5-9-19(18)29-20)25-12-10-17(11-13-25)23-22(27)16-6-2-1-3-7-16/h4-5,8-9,16-17H,1-3,6-7,10-15H2,(H,23,27). The highest BCUT2D eigenvalue weighted by Crippen LogP contribution is 2.26. The van der Waals surface area contributed by atoms with Gasteiger partial charge in [0.15, 0.2) is 0 Å². The molecule has 2 heterocycles. The molecule has 5 nitrogen and oxygen atoms in total. The minimum Gasteiger partial charge on any atom is -0.353 e. The fourth-order valence-corrected chi connectivity index (χ4v) is 6.20. The molecule has 2 fully saturated rings. The van der Waals surface area contributed by atoms with E-state index in [0.717, 1.165) is 55.0 Å². The third-order valence-electron chi connectivity index (χ3n) is 5.96. The number of likely N-dealkylation sites (tertiary alicyclic amines) is 1. The molecule has 1 aliphatic heterocycles. The first-order chi connectivity index (χ1) is 14.2. The van der Waals surface area contributed by atoms with Crippen molar-refractivity contribution in [3.63, 3.8) is 0 Å². The van der Waals surface area contributed by atoms with Crippen LogP contribution >= 0.6 is 23.1 Å². The summed E-state index contributed by atoms with van der Waals surface area (Å²) < 4.78 is 1.20. The number of thiazole rings is 1. The molecule has 0 bridgehead atoms. The summed E-state index contributed by atoms with van der Waals surface area (Å²) in [6.45, 7) is 1.49. The van der Waals surface area contributed by atoms with Crippen molar-refractivity contribution in [3.05, 3.63) is 29.3 Å². The van der Waals surface area contributed by atoms with Crippen molar-refractivity contribution < 1.29 is 9.59 Å². The number of aromatic nitrogens is 1. The van der Waals surface area contributed by atoms with E-state index in [1.807, 2.05) is 23.1 Å². The Morgan fingerprint density at radius 3 is 2.62 bits per heavy atom. The number of piperidine rings is 1. The van der Waals surface area contributed by atoms with E-state index in [0.29, 0.717) is 5.75 Å². The van der Waals surface area contributed by atoms with Gasteiger partial charge in [0.05, 0.1) is 16.0 Å². The maximum absolute atomic E-state index is 12.5. The molecule has 0 radical (unpaired) electrons. The van der Waals surface area contributed by atoms with E-state index in [-0.39, 0.29) is 23.8 Å². The maximum Gasteiger partial charge on any atom is 0.232 e. The second-order valence-corrected chi connectivity index (χ2v) is 10.2. The van der Waals surface area contributed by atoms with Crippen LogP contribution in [0.3, 0.4) is 0 Å². The Kier molecular flexibility index (Phi) is 7.08. The number of rotatable bonds is 6. The lowest BCUT2D eigenvalue weighted by Gasteiger charge is -2.33. The van der Waals surface area contributed by atoms with E-state index in [1.54, 1.807) is 23.1 Å². The van der Waals surface area contributed by atoms with Gasteiger partial charge in [-0.2, -0.15) is 0 Å². The molecule has 156 valence electrons. The zero-order chi connectivity index (χ0) is 20.1. The Hall–Kier alpha value is -1.60. The smallest absolute Gasteiger partial charge is 0.232 e. The fourth-order valence-electron chi connectivity index (χ4n) is 4.26. The molecule has 1 aromatic heterocycles. The molecule has 2 aromatic rings. The predicted octanol–water partition coefficient (Wildman–Crippen LogP) is 4.22. The SMILES string of the molecule is O=C(NC1CCN(C(=O)CSCc2nc3ccccc3s2)CC1)C1CCCCC1. The largest absolute Gasteiger partial charge is 0.353 e. The number of para-hydroxylation sites is 1. The minimum atomic E-state index is 0.202. The summed E-state index contributed by atoms with van der Waals surface area (Å²) in [5, 5.41) is 4.31. The van der Waals surface area contributed by atoms with Crippen LogP contribution in [0.15, 0.2) is 24.3 Å². The van der Waals surface area contributed by atoms with Gasteiger partial charge in [-0.1, -0.05) is 31.4 Å². The van der Waals surface area contributed by atoms with Crippen LogP contribution in [0, 0.1) is 5.92 Å². The zero-order valence-electron chi connectivity index (χ0n) is 16.8. The Morgan fingerprint density at radius 2 is 1.86 bits per heavy atom. The lowest BCUT2D eigenvalue weighted by molar-refractivity contribution is -0.130. The fraction of sp³-hybridized carbons (Fsp3) is 0.591. The third kappa shape index (κ3) is 5.51. The molecule has 2 amide bonds. The van der Waals surface area contributed by atoms with Crippen molar-refractivity contribution in [3.8, 4) is 0 Å². The second-order valence-electron chi connectivity index (χ2n) is 8.07. The molecule has 0 unspecified atom stereocenters. The summed E-state index contributed by atoms with van der Waals surface area (Å²) in [5.41, 5.74) is 1.04. The number of hydrogen-bond acceptors (Lipinski definition) is 5. The number of carbonyl (C=O) groups is 2. The summed E-state index contributed by atoms with van der Waals surface area (Å²) in [6.07, 6.45) is 7.43. The Balaban J connectivity index is 1.16. The summed E-state index contributed by atoms with van der Waals surface area (Å²) in [6, 6.07) is 8.38. The summed E-state index contributed by atoms with van der Waals surface area (Å²) >= 11 is 3.35. The Bertz CT molecular complexity index is 806. The van der Waals surface area contributed by atoms with E-state index in [1.165, 1.54) is 24.0 Å². The Labute approximate surface area is 180 Å². The number of fused-ring (bicyclic) bond motifs is 1. The van der Waals surface area contributed by atoms with E-state index in [9.17, 15) is 9.59 Å². The normalized spacial score (nSPS) is 18.8. The number of nitrogens with one attached hydrogen (secondary N) is 1. The average Bonchev–Trinajstić information content (AvgIpc) is 3.17. The van der Waals surface area contributed by atoms with Gasteiger partial charge < -0.3 is 10.2 Å². The van der Waals surface area contributed by atoms with Gasteiger partial charge >= 0.3 is 0 Å². The molecule has 1 saturated heterocycles. The van der Waals surface area contributed by atoms with Crippen LogP contribution in [0.5, 0.6) is 0 Å². The molecular formula is C22H29N3O2S2. The highest BCUT2D eigenvalue weighted by molar-refractivity contribution is 7.99. The number of hydrogen-bond donors (Lipinski definition) is 1. The molecular weight excluding hydrogens is 402 g/mol. The molecule has 1 aromatic carbocycles. The highest BCUT2D eigenvalue weighted by Gasteiger charge is 2.27. The summed E-state index contributed by atoms with van der Waals surface area (Å²) in [5.74, 6) is 1.92. The molecule has 7 heteroatoms. The zero-order valence-corrected chi connectivity index (χ0v) is 18.4. The molecule has 0 spiro atoms. The Morgan fingerprint density at radius 1 is 1.10 bits per heavy atom. The van der Waals surface area contributed by atoms with Gasteiger partial charge in [-0.05, 0) is 37.8 Å². The monoisotopic (exact) mass is 431 g/mol. The quantitative estimate of drug-likeness (QED) is 0.744. The van der Waals surface area contributed by atoms with Gasteiger partial charge in [-0.3, -0.25) is 9.59 Å². The van der Waals surface area contributed by atoms with Gasteiger partial charge in [0.1, 0.15) is 5.01 Å². The molecule has 1 N–H and O–H groups in total. The van der Waals surface area contributed by atoms with Crippen LogP contribution in [-0.4, -0.2) is 46.6 Å². The molecule has 1 aliphatic carbocycles. The number of amides is 2. The summed E-state index contributed by atoms with van der Waals surface area (Å²) in [4.78, 5) is 31.5. The lowest BCUT2D eigenvalue weighted by Crippen LogP contribution is -2.48. The van der Waals surface area contributed by atoms with Crippen LogP contribution in [0.2, 0.25) is 0 Å². The number of benzene rings is 1. The first kappa shape index (κ1) is 20.7. The number of carbonyl (C=O) groups excluding carboxylic acids is 2. The number of nitrogens with zero attached hydrogens (tertiary/aromatic N) is 2. The van der Waals surface area contributed by atoms with Crippen LogP contribution < -0.4 is 5.32 Å². The predicted molar refractivity (Wildman–Crippen MR) is 120 cm³/mol. The number of thioether (sulfide) groups is 1. The van der Waals surface area contributed by atoms with Crippen molar-refractivity contribution in [2.24, 2.45) is 5.92 Å². The lowest BCUT2D eigenvalue weighted by atomic mass is 9.88. The van der Waals surface area contributed by atoms with Gasteiger partial charge in [0.2, 0.25) is 11.8 Å². The van der Waals surface area contributed by atoms with Gasteiger partial charge in [0, 0.05) is 30.8 Å². The molecule has 29 heavy (non-hydrogen) atoms. The molecule has 2 aliphatic rings. The molecule has 1 saturated carbocycles. The molecule has 4 rings (SSSR count). The van der Waals surface area contributed by atoms with Crippen molar-refractivity contribution in [2.75, 3.05) is 18.8 Å². The van der Waals surface area contributed by atoms with Crippen LogP contribution in [0.4, 0.5) is 0 Å². The van der Waals surface area contributed by atoms with Crippen LogP contribution in [-0.2, 0) is 15.3 Å². The first-order valence-corrected chi connectivity index (χ1v) is 12.7. The minimum absolute atomic E-state index is 0.202. The van der Waals surface area contributed by atoms with Crippen LogP contribution in [0.25, 0.3) is 10.2 Å². The first-order valence-electron chi connectivity index (χ1n) is 10.7. The van der Waals surface area contributed by atoms with Crippen molar-refractivity contribution >= 4 is 45.1 Å². The van der Waals surface area contributed by atoms with E-state index in [2.05, 4.69) is 16.4 Å². The van der Waals surface area contributed by atoms with Crippen LogP contribution in [0.1, 0.15) is 50.0 Å².